The molecule has 8 saturated carbocycles. The molecular weight excluding hydrogens is 679 g/mol. The van der Waals surface area contributed by atoms with Gasteiger partial charge in [-0.3, -0.25) is 0 Å². The van der Waals surface area contributed by atoms with E-state index in [9.17, 15) is 5.26 Å². The fourth-order valence-electron chi connectivity index (χ4n) is 14.2. The minimum atomic E-state index is 0.377. The van der Waals surface area contributed by atoms with E-state index in [2.05, 4.69) is 103 Å². The van der Waals surface area contributed by atoms with Crippen molar-refractivity contribution in [3.8, 4) is 51.1 Å². The van der Waals surface area contributed by atoms with Gasteiger partial charge in [-0.05, 0) is 163 Å². The van der Waals surface area contributed by atoms with E-state index >= 15 is 0 Å². The Kier molecular flexibility index (Phi) is 7.37. The Balaban J connectivity index is 0.914. The van der Waals surface area contributed by atoms with Crippen LogP contribution in [0.3, 0.4) is 0 Å². The topological polar surface area (TPSA) is 49.6 Å². The molecule has 6 aromatic rings. The highest BCUT2D eigenvalue weighted by Crippen LogP contribution is 2.62. The number of hydrogen-bond donors (Lipinski definition) is 0. The van der Waals surface area contributed by atoms with Crippen LogP contribution in [-0.2, 0) is 10.8 Å². The van der Waals surface area contributed by atoms with E-state index in [1.807, 2.05) is 18.2 Å². The summed E-state index contributed by atoms with van der Waals surface area (Å²) in [6.45, 7) is 0. The van der Waals surface area contributed by atoms with Crippen LogP contribution in [0.2, 0.25) is 0 Å². The number of benzene rings is 5. The lowest BCUT2D eigenvalue weighted by Gasteiger charge is -2.57. The Hall–Kier alpha value is -5.07. The third-order valence-electron chi connectivity index (χ3n) is 15.9. The fraction of sp³-hybridized carbons (Fsp3) is 0.377. The van der Waals surface area contributed by atoms with Gasteiger partial charge in [0.15, 0.2) is 5.82 Å². The molecule has 3 nitrogen and oxygen atoms in total. The zero-order valence-corrected chi connectivity index (χ0v) is 32.3. The summed E-state index contributed by atoms with van der Waals surface area (Å²) in [5.74, 6) is 6.39. The lowest BCUT2D eigenvalue weighted by atomic mass is 9.48. The zero-order valence-electron chi connectivity index (χ0n) is 32.3. The second-order valence-electron chi connectivity index (χ2n) is 19.4. The van der Waals surface area contributed by atoms with E-state index in [4.69, 9.17) is 9.97 Å². The van der Waals surface area contributed by atoms with E-state index in [0.29, 0.717) is 16.4 Å². The summed E-state index contributed by atoms with van der Waals surface area (Å²) in [4.78, 5) is 10.6. The van der Waals surface area contributed by atoms with Crippen LogP contribution in [0.15, 0.2) is 115 Å². The van der Waals surface area contributed by atoms with Gasteiger partial charge in [0.05, 0.1) is 23.0 Å². The van der Waals surface area contributed by atoms with Crippen LogP contribution in [0.4, 0.5) is 0 Å². The second kappa shape index (κ2) is 12.5. The highest BCUT2D eigenvalue weighted by molar-refractivity contribution is 5.99. The van der Waals surface area contributed by atoms with Crippen LogP contribution in [0.5, 0.6) is 0 Å². The Morgan fingerprint density at radius 2 is 0.857 bits per heavy atom. The van der Waals surface area contributed by atoms with Gasteiger partial charge in [-0.1, -0.05) is 103 Å². The quantitative estimate of drug-likeness (QED) is 0.172. The van der Waals surface area contributed by atoms with Crippen molar-refractivity contribution in [3.05, 3.63) is 132 Å². The summed E-state index contributed by atoms with van der Waals surface area (Å²) in [7, 11) is 0. The Morgan fingerprint density at radius 1 is 0.446 bits per heavy atom. The summed E-state index contributed by atoms with van der Waals surface area (Å²) in [6, 6.07) is 44.7. The molecule has 0 atom stereocenters. The maximum atomic E-state index is 9.74. The molecule has 8 fully saturated rings. The number of aromatic nitrogens is 2. The van der Waals surface area contributed by atoms with Crippen LogP contribution in [0, 0.1) is 46.8 Å². The summed E-state index contributed by atoms with van der Waals surface area (Å²) in [5, 5.41) is 11.8. The van der Waals surface area contributed by atoms with E-state index in [0.717, 1.165) is 91.3 Å². The number of fused-ring (bicyclic) bond motifs is 1. The third kappa shape index (κ3) is 5.35. The predicted octanol–water partition coefficient (Wildman–Crippen LogP) is 13.1. The number of nitrogens with zero attached hydrogens (tertiary/aromatic N) is 3. The fourth-order valence-corrected chi connectivity index (χ4v) is 14.2. The van der Waals surface area contributed by atoms with Crippen molar-refractivity contribution < 1.29 is 0 Å². The van der Waals surface area contributed by atoms with E-state index in [1.54, 1.807) is 11.1 Å². The van der Waals surface area contributed by atoms with Crippen molar-refractivity contribution in [1.29, 1.82) is 5.26 Å². The average Bonchev–Trinajstić information content (AvgIpc) is 3.22. The molecule has 8 bridgehead atoms. The van der Waals surface area contributed by atoms with Crippen LogP contribution < -0.4 is 0 Å². The average molecular weight is 728 g/mol. The lowest BCUT2D eigenvalue weighted by Crippen LogP contribution is -2.48. The maximum Gasteiger partial charge on any atom is 0.160 e. The molecule has 1 aromatic heterocycles. The molecule has 56 heavy (non-hydrogen) atoms. The van der Waals surface area contributed by atoms with Gasteiger partial charge in [-0.15, -0.1) is 0 Å². The molecule has 0 unspecified atom stereocenters. The number of rotatable bonds is 6. The zero-order chi connectivity index (χ0) is 37.0. The molecule has 0 aliphatic heterocycles. The van der Waals surface area contributed by atoms with Crippen molar-refractivity contribution in [2.24, 2.45) is 35.5 Å². The Labute approximate surface area is 331 Å². The minimum absolute atomic E-state index is 0.377. The highest BCUT2D eigenvalue weighted by atomic mass is 14.9. The first kappa shape index (κ1) is 33.1. The van der Waals surface area contributed by atoms with Crippen LogP contribution >= 0.6 is 0 Å². The van der Waals surface area contributed by atoms with Gasteiger partial charge >= 0.3 is 0 Å². The minimum Gasteiger partial charge on any atom is -0.228 e. The normalized spacial score (nSPS) is 30.8. The molecule has 0 saturated heterocycles. The van der Waals surface area contributed by atoms with Gasteiger partial charge in [0.2, 0.25) is 0 Å². The van der Waals surface area contributed by atoms with Crippen LogP contribution in [-0.4, -0.2) is 9.97 Å². The summed E-state index contributed by atoms with van der Waals surface area (Å²) >= 11 is 0. The predicted molar refractivity (Wildman–Crippen MR) is 226 cm³/mol. The van der Waals surface area contributed by atoms with Crippen molar-refractivity contribution in [3.63, 3.8) is 0 Å². The van der Waals surface area contributed by atoms with E-state index in [-0.39, 0.29) is 0 Å². The molecule has 5 aromatic carbocycles. The summed E-state index contributed by atoms with van der Waals surface area (Å²) in [5.41, 5.74) is 12.1. The van der Waals surface area contributed by atoms with Gasteiger partial charge in [0, 0.05) is 22.1 Å². The summed E-state index contributed by atoms with van der Waals surface area (Å²) in [6.07, 6.45) is 17.1. The molecule has 0 radical (unpaired) electrons. The second-order valence-corrected chi connectivity index (χ2v) is 19.4. The molecule has 8 aliphatic carbocycles. The first-order valence-electron chi connectivity index (χ1n) is 21.6. The smallest absolute Gasteiger partial charge is 0.160 e. The molecule has 0 N–H and O–H groups in total. The van der Waals surface area contributed by atoms with Crippen molar-refractivity contribution >= 4 is 10.8 Å². The standard InChI is InChI=1S/C53H49N3/c54-32-43-13-18-47(48-4-2-1-3-46(43)48)39-5-7-40(8-6-39)49-25-50(41-9-14-44(15-10-41)52-26-33-19-34(27-52)21-35(20-33)28-52)56-51(55-49)42-11-16-45(17-12-42)53-29-36-22-37(30-53)24-38(23-36)31-53/h1-18,25,33-38H,19-24,26-31H2/t33-,34-,35-,36-,37-,38-,52?,53?. The SMILES string of the molecule is N#Cc1ccc(-c2ccc(-c3cc(-c4ccc(C56C[C@H]7C[C@H](C5)C[C@@H](C6)C7)cc4)nc(-c4ccc(C56C[C@H]7C[C@H](C5)C[C@@H](C6)C7)cc4)n3)cc2)c2ccccc12. The first-order valence-corrected chi connectivity index (χ1v) is 21.6. The molecule has 1 heterocycles. The number of nitriles is 1. The molecule has 276 valence electrons. The van der Waals surface area contributed by atoms with Crippen molar-refractivity contribution in [2.45, 2.75) is 87.9 Å². The largest absolute Gasteiger partial charge is 0.228 e. The highest BCUT2D eigenvalue weighted by Gasteiger charge is 2.52. The lowest BCUT2D eigenvalue weighted by molar-refractivity contribution is -0.00530. The molecule has 14 rings (SSSR count). The van der Waals surface area contributed by atoms with Gasteiger partial charge in [-0.25, -0.2) is 9.97 Å². The monoisotopic (exact) mass is 727 g/mol. The molecule has 8 aliphatic rings. The number of hydrogen-bond acceptors (Lipinski definition) is 3. The van der Waals surface area contributed by atoms with Gasteiger partial charge in [0.25, 0.3) is 0 Å². The van der Waals surface area contributed by atoms with Gasteiger partial charge < -0.3 is 0 Å². The van der Waals surface area contributed by atoms with Gasteiger partial charge in [-0.2, -0.15) is 5.26 Å². The van der Waals surface area contributed by atoms with Crippen molar-refractivity contribution in [2.75, 3.05) is 0 Å². The molecule has 3 heteroatoms. The summed E-state index contributed by atoms with van der Waals surface area (Å²) < 4.78 is 0. The van der Waals surface area contributed by atoms with Crippen molar-refractivity contribution in [1.82, 2.24) is 9.97 Å². The molecule has 0 amide bonds. The van der Waals surface area contributed by atoms with Crippen LogP contribution in [0.1, 0.15) is 93.7 Å². The first-order chi connectivity index (χ1) is 27.5. The van der Waals surface area contributed by atoms with Gasteiger partial charge in [0.1, 0.15) is 0 Å². The Bertz CT molecular complexity index is 2360. The Morgan fingerprint density at radius 3 is 1.32 bits per heavy atom. The van der Waals surface area contributed by atoms with E-state index in [1.165, 1.54) is 77.0 Å². The maximum absolute atomic E-state index is 9.74. The molecular formula is C53H49N3. The third-order valence-corrected chi connectivity index (χ3v) is 15.9. The van der Waals surface area contributed by atoms with E-state index < -0.39 is 0 Å². The van der Waals surface area contributed by atoms with Crippen LogP contribution in [0.25, 0.3) is 55.8 Å². The molecule has 0 spiro atoms.